The first-order valence-corrected chi connectivity index (χ1v) is 16.6. The molecule has 2 heterocycles. The van der Waals surface area contributed by atoms with Crippen LogP contribution >= 0.6 is 22.7 Å². The summed E-state index contributed by atoms with van der Waals surface area (Å²) in [6.07, 6.45) is 0. The summed E-state index contributed by atoms with van der Waals surface area (Å²) in [6, 6.07) is 57.7. The second-order valence-corrected chi connectivity index (χ2v) is 13.4. The van der Waals surface area contributed by atoms with Crippen LogP contribution in [0.1, 0.15) is 0 Å². The van der Waals surface area contributed by atoms with E-state index in [-0.39, 0.29) is 0 Å². The van der Waals surface area contributed by atoms with E-state index in [0.717, 1.165) is 0 Å². The van der Waals surface area contributed by atoms with Gasteiger partial charge in [-0.1, -0.05) is 133 Å². The quantitative estimate of drug-likeness (QED) is 0.190. The molecule has 0 N–H and O–H groups in total. The minimum absolute atomic E-state index is 1.23. The molecule has 0 aliphatic heterocycles. The highest BCUT2D eigenvalue weighted by Crippen LogP contribution is 2.44. The monoisotopic (exact) mass is 594 g/mol. The molecule has 0 radical (unpaired) electrons. The SMILES string of the molecule is c1ccc(-c2ccc(-c3cccc(-c4cccc5c4sc4ccc(-c6cccc7c6sc6ccccc67)cc45)c3)cc2)cc1. The molecule has 0 spiro atoms. The Morgan fingerprint density at radius 1 is 0.273 bits per heavy atom. The minimum Gasteiger partial charge on any atom is -0.135 e. The third-order valence-electron chi connectivity index (χ3n) is 8.71. The summed E-state index contributed by atoms with van der Waals surface area (Å²) in [7, 11) is 0. The van der Waals surface area contributed by atoms with Crippen LogP contribution in [0.15, 0.2) is 158 Å². The highest BCUT2D eigenvalue weighted by Gasteiger charge is 2.14. The van der Waals surface area contributed by atoms with Gasteiger partial charge < -0.3 is 0 Å². The van der Waals surface area contributed by atoms with Gasteiger partial charge in [0.2, 0.25) is 0 Å². The van der Waals surface area contributed by atoms with Crippen LogP contribution in [0.3, 0.4) is 0 Å². The molecule has 2 aromatic heterocycles. The van der Waals surface area contributed by atoms with Crippen molar-refractivity contribution >= 4 is 63.0 Å². The lowest BCUT2D eigenvalue weighted by atomic mass is 9.96. The van der Waals surface area contributed by atoms with E-state index in [0.29, 0.717) is 0 Å². The Morgan fingerprint density at radius 3 is 1.50 bits per heavy atom. The standard InChI is InChI=1S/C42H26S2/c1-2-9-27(10-3-1)28-19-21-29(22-20-28)30-11-6-12-31(25-30)33-14-8-17-37-38-26-32(23-24-40(38)44-42(33)37)34-15-7-16-36-35-13-4-5-18-39(35)43-41(34)36/h1-26H. The van der Waals surface area contributed by atoms with Gasteiger partial charge in [0.1, 0.15) is 0 Å². The van der Waals surface area contributed by atoms with Crippen LogP contribution in [0.4, 0.5) is 0 Å². The van der Waals surface area contributed by atoms with E-state index < -0.39 is 0 Å². The predicted octanol–water partition coefficient (Wildman–Crippen LogP) is 13.1. The van der Waals surface area contributed by atoms with Crippen LogP contribution in [0.25, 0.3) is 84.9 Å². The minimum atomic E-state index is 1.23. The topological polar surface area (TPSA) is 0 Å². The van der Waals surface area contributed by atoms with E-state index in [1.54, 1.807) is 0 Å². The van der Waals surface area contributed by atoms with Gasteiger partial charge >= 0.3 is 0 Å². The molecule has 0 fully saturated rings. The maximum atomic E-state index is 2.40. The van der Waals surface area contributed by atoms with Gasteiger partial charge in [0, 0.05) is 40.3 Å². The largest absolute Gasteiger partial charge is 0.135 e. The van der Waals surface area contributed by atoms with E-state index in [2.05, 4.69) is 158 Å². The molecule has 0 nitrogen and oxygen atoms in total. The molecule has 0 unspecified atom stereocenters. The number of rotatable bonds is 4. The molecule has 0 atom stereocenters. The van der Waals surface area contributed by atoms with Crippen LogP contribution in [-0.2, 0) is 0 Å². The summed E-state index contributed by atoms with van der Waals surface area (Å²) in [4.78, 5) is 0. The summed E-state index contributed by atoms with van der Waals surface area (Å²) >= 11 is 3.79. The van der Waals surface area contributed by atoms with Gasteiger partial charge in [-0.3, -0.25) is 0 Å². The Balaban J connectivity index is 1.13. The van der Waals surface area contributed by atoms with Crippen LogP contribution in [0, 0.1) is 0 Å². The Kier molecular flexibility index (Phi) is 5.97. The van der Waals surface area contributed by atoms with E-state index in [9.17, 15) is 0 Å². The van der Waals surface area contributed by atoms with Crippen molar-refractivity contribution in [3.05, 3.63) is 158 Å². The molecule has 0 bridgehead atoms. The van der Waals surface area contributed by atoms with Crippen molar-refractivity contribution < 1.29 is 0 Å². The summed E-state index contributed by atoms with van der Waals surface area (Å²) in [5.41, 5.74) is 10.1. The molecule has 9 rings (SSSR count). The van der Waals surface area contributed by atoms with Gasteiger partial charge in [-0.2, -0.15) is 0 Å². The van der Waals surface area contributed by atoms with Crippen LogP contribution in [0.5, 0.6) is 0 Å². The summed E-state index contributed by atoms with van der Waals surface area (Å²) < 4.78 is 5.38. The predicted molar refractivity (Wildman–Crippen MR) is 194 cm³/mol. The van der Waals surface area contributed by atoms with Crippen molar-refractivity contribution in [1.29, 1.82) is 0 Å². The van der Waals surface area contributed by atoms with Crippen LogP contribution < -0.4 is 0 Å². The molecular formula is C42H26S2. The van der Waals surface area contributed by atoms with Gasteiger partial charge in [-0.05, 0) is 68.8 Å². The van der Waals surface area contributed by atoms with Crippen molar-refractivity contribution in [3.8, 4) is 44.5 Å². The molecule has 0 saturated carbocycles. The van der Waals surface area contributed by atoms with Gasteiger partial charge in [0.25, 0.3) is 0 Å². The lowest BCUT2D eigenvalue weighted by molar-refractivity contribution is 1.58. The second kappa shape index (κ2) is 10.3. The van der Waals surface area contributed by atoms with Crippen molar-refractivity contribution in [2.24, 2.45) is 0 Å². The Morgan fingerprint density at radius 2 is 0.750 bits per heavy atom. The van der Waals surface area contributed by atoms with Gasteiger partial charge in [0.05, 0.1) is 0 Å². The lowest BCUT2D eigenvalue weighted by Crippen LogP contribution is -1.83. The maximum absolute atomic E-state index is 2.40. The first-order chi connectivity index (χ1) is 21.8. The molecule has 0 saturated heterocycles. The number of benzene rings is 7. The summed E-state index contributed by atoms with van der Waals surface area (Å²) in [5.74, 6) is 0. The average Bonchev–Trinajstić information content (AvgIpc) is 3.67. The van der Waals surface area contributed by atoms with Crippen LogP contribution in [0.2, 0.25) is 0 Å². The molecule has 2 heteroatoms. The Labute approximate surface area is 264 Å². The molecule has 44 heavy (non-hydrogen) atoms. The van der Waals surface area contributed by atoms with Crippen LogP contribution in [-0.4, -0.2) is 0 Å². The third kappa shape index (κ3) is 4.18. The first-order valence-electron chi connectivity index (χ1n) is 14.9. The highest BCUT2D eigenvalue weighted by molar-refractivity contribution is 7.26. The maximum Gasteiger partial charge on any atom is 0.0433 e. The Bertz CT molecular complexity index is 2480. The zero-order chi connectivity index (χ0) is 29.0. The fourth-order valence-electron chi connectivity index (χ4n) is 6.52. The van der Waals surface area contributed by atoms with Gasteiger partial charge in [0.15, 0.2) is 0 Å². The fourth-order valence-corrected chi connectivity index (χ4v) is 8.98. The van der Waals surface area contributed by atoms with Crippen molar-refractivity contribution in [2.45, 2.75) is 0 Å². The molecule has 7 aromatic carbocycles. The fraction of sp³-hybridized carbons (Fsp3) is 0. The number of fused-ring (bicyclic) bond motifs is 6. The molecule has 9 aromatic rings. The van der Waals surface area contributed by atoms with E-state index >= 15 is 0 Å². The van der Waals surface area contributed by atoms with Crippen molar-refractivity contribution in [1.82, 2.24) is 0 Å². The number of thiophene rings is 2. The zero-order valence-electron chi connectivity index (χ0n) is 23.8. The molecule has 206 valence electrons. The number of hydrogen-bond acceptors (Lipinski definition) is 2. The van der Waals surface area contributed by atoms with Crippen molar-refractivity contribution in [3.63, 3.8) is 0 Å². The normalized spacial score (nSPS) is 11.6. The smallest absolute Gasteiger partial charge is 0.0433 e. The molecular weight excluding hydrogens is 569 g/mol. The van der Waals surface area contributed by atoms with E-state index in [4.69, 9.17) is 0 Å². The second-order valence-electron chi connectivity index (χ2n) is 11.3. The molecule has 0 amide bonds. The van der Waals surface area contributed by atoms with Gasteiger partial charge in [-0.25, -0.2) is 0 Å². The highest BCUT2D eigenvalue weighted by atomic mass is 32.1. The van der Waals surface area contributed by atoms with E-state index in [1.165, 1.54) is 84.9 Å². The lowest BCUT2D eigenvalue weighted by Gasteiger charge is -2.09. The first kappa shape index (κ1) is 25.5. The van der Waals surface area contributed by atoms with Crippen molar-refractivity contribution in [2.75, 3.05) is 0 Å². The number of hydrogen-bond donors (Lipinski definition) is 0. The molecule has 0 aliphatic rings. The third-order valence-corrected chi connectivity index (χ3v) is 11.2. The zero-order valence-corrected chi connectivity index (χ0v) is 25.5. The molecule has 0 aliphatic carbocycles. The summed E-state index contributed by atoms with van der Waals surface area (Å²) in [6.45, 7) is 0. The average molecular weight is 595 g/mol. The van der Waals surface area contributed by atoms with Gasteiger partial charge in [-0.15, -0.1) is 22.7 Å². The summed E-state index contributed by atoms with van der Waals surface area (Å²) in [5, 5.41) is 5.34. The van der Waals surface area contributed by atoms with E-state index in [1.807, 2.05) is 22.7 Å². The Hall–Kier alpha value is -5.02.